The summed E-state index contributed by atoms with van der Waals surface area (Å²) in [5, 5.41) is 9.23. The maximum Gasteiger partial charge on any atom is 0.172 e. The zero-order valence-electron chi connectivity index (χ0n) is 11.7. The highest BCUT2D eigenvalue weighted by Gasteiger charge is 2.17. The van der Waals surface area contributed by atoms with Gasteiger partial charge in [-0.25, -0.2) is 9.97 Å². The molecule has 3 N–H and O–H groups in total. The molecule has 0 saturated carbocycles. The molecule has 110 valence electrons. The minimum absolute atomic E-state index is 0.00651. The normalized spacial score (nSPS) is 15.2. The van der Waals surface area contributed by atoms with Crippen LogP contribution < -0.4 is 10.6 Å². The number of benzene rings is 1. The predicted molar refractivity (Wildman–Crippen MR) is 80.8 cm³/mol. The van der Waals surface area contributed by atoms with Crippen molar-refractivity contribution in [2.24, 2.45) is 0 Å². The fourth-order valence-electron chi connectivity index (χ4n) is 2.36. The second kappa shape index (κ2) is 6.07. The van der Waals surface area contributed by atoms with E-state index in [2.05, 4.69) is 14.9 Å². The Balaban J connectivity index is 1.96. The highest BCUT2D eigenvalue weighted by Crippen LogP contribution is 2.25. The van der Waals surface area contributed by atoms with Crippen LogP contribution in [0.15, 0.2) is 30.5 Å². The molecule has 6 heteroatoms. The zero-order valence-corrected chi connectivity index (χ0v) is 11.7. The summed E-state index contributed by atoms with van der Waals surface area (Å²) in [5.41, 5.74) is 8.48. The van der Waals surface area contributed by atoms with E-state index in [1.807, 2.05) is 24.3 Å². The number of nitrogen functional groups attached to an aromatic ring is 1. The van der Waals surface area contributed by atoms with Gasteiger partial charge in [-0.2, -0.15) is 0 Å². The average Bonchev–Trinajstić information content (AvgIpc) is 2.56. The van der Waals surface area contributed by atoms with E-state index in [1.165, 1.54) is 0 Å². The van der Waals surface area contributed by atoms with E-state index in [0.29, 0.717) is 24.8 Å². The van der Waals surface area contributed by atoms with Crippen LogP contribution in [-0.2, 0) is 11.3 Å². The Bertz CT molecular complexity index is 627. The minimum Gasteiger partial charge on any atom is -0.392 e. The Labute approximate surface area is 123 Å². The first-order chi connectivity index (χ1) is 10.3. The second-order valence-electron chi connectivity index (χ2n) is 4.92. The van der Waals surface area contributed by atoms with Gasteiger partial charge in [0.15, 0.2) is 11.6 Å². The topological polar surface area (TPSA) is 84.5 Å². The van der Waals surface area contributed by atoms with Crippen molar-refractivity contribution in [3.05, 3.63) is 36.0 Å². The van der Waals surface area contributed by atoms with Crippen LogP contribution in [0.1, 0.15) is 5.56 Å². The number of rotatable bonds is 3. The highest BCUT2D eigenvalue weighted by molar-refractivity contribution is 5.66. The third kappa shape index (κ3) is 2.96. The van der Waals surface area contributed by atoms with Crippen molar-refractivity contribution in [2.75, 3.05) is 36.9 Å². The number of morpholine rings is 1. The molecule has 0 atom stereocenters. The maximum absolute atomic E-state index is 9.23. The van der Waals surface area contributed by atoms with E-state index in [1.54, 1.807) is 6.20 Å². The number of hydrogen-bond donors (Lipinski definition) is 2. The first kappa shape index (κ1) is 13.8. The summed E-state index contributed by atoms with van der Waals surface area (Å²) < 4.78 is 5.35. The summed E-state index contributed by atoms with van der Waals surface area (Å²) in [6, 6.07) is 7.62. The molecule has 1 aromatic carbocycles. The van der Waals surface area contributed by atoms with Crippen LogP contribution in [-0.4, -0.2) is 41.4 Å². The molecule has 3 rings (SSSR count). The standard InChI is InChI=1S/C15H18N4O2/c16-14-15(19-4-6-21-7-5-19)18-13(9-17-14)12-3-1-2-11(8-12)10-20/h1-3,8-9,20H,4-7,10H2,(H2,16,17). The fraction of sp³-hybridized carbons (Fsp3) is 0.333. The lowest BCUT2D eigenvalue weighted by Gasteiger charge is -2.28. The van der Waals surface area contributed by atoms with Gasteiger partial charge in [0.2, 0.25) is 0 Å². The second-order valence-corrected chi connectivity index (χ2v) is 4.92. The minimum atomic E-state index is 0.00651. The summed E-state index contributed by atoms with van der Waals surface area (Å²) in [4.78, 5) is 11.0. The average molecular weight is 286 g/mol. The van der Waals surface area contributed by atoms with Gasteiger partial charge in [-0.15, -0.1) is 0 Å². The van der Waals surface area contributed by atoms with Crippen LogP contribution in [0, 0.1) is 0 Å². The Hall–Kier alpha value is -2.18. The van der Waals surface area contributed by atoms with Crippen molar-refractivity contribution in [1.82, 2.24) is 9.97 Å². The molecule has 0 unspecified atom stereocenters. The third-order valence-electron chi connectivity index (χ3n) is 3.50. The van der Waals surface area contributed by atoms with Crippen LogP contribution in [0.3, 0.4) is 0 Å². The van der Waals surface area contributed by atoms with Gasteiger partial charge in [-0.1, -0.05) is 18.2 Å². The number of nitrogens with zero attached hydrogens (tertiary/aromatic N) is 3. The van der Waals surface area contributed by atoms with E-state index in [0.717, 1.165) is 29.9 Å². The zero-order chi connectivity index (χ0) is 14.7. The molecular weight excluding hydrogens is 268 g/mol. The first-order valence-corrected chi connectivity index (χ1v) is 6.93. The van der Waals surface area contributed by atoms with Crippen molar-refractivity contribution >= 4 is 11.6 Å². The van der Waals surface area contributed by atoms with Gasteiger partial charge >= 0.3 is 0 Å². The predicted octanol–water partition coefficient (Wildman–Crippen LogP) is 1.05. The molecule has 2 heterocycles. The quantitative estimate of drug-likeness (QED) is 0.877. The molecule has 0 aliphatic carbocycles. The van der Waals surface area contributed by atoms with Crippen LogP contribution in [0.2, 0.25) is 0 Å². The molecule has 1 aromatic heterocycles. The lowest BCUT2D eigenvalue weighted by molar-refractivity contribution is 0.122. The molecule has 1 aliphatic heterocycles. The number of aliphatic hydroxyl groups excluding tert-OH is 1. The van der Waals surface area contributed by atoms with Crippen molar-refractivity contribution in [3.63, 3.8) is 0 Å². The molecule has 0 spiro atoms. The van der Waals surface area contributed by atoms with Gasteiger partial charge in [0.25, 0.3) is 0 Å². The van der Waals surface area contributed by atoms with E-state index < -0.39 is 0 Å². The van der Waals surface area contributed by atoms with Crippen molar-refractivity contribution in [2.45, 2.75) is 6.61 Å². The molecule has 1 fully saturated rings. The maximum atomic E-state index is 9.23. The molecule has 0 radical (unpaired) electrons. The molecule has 1 saturated heterocycles. The Morgan fingerprint density at radius 3 is 2.86 bits per heavy atom. The Kier molecular flexibility index (Phi) is 3.98. The summed E-state index contributed by atoms with van der Waals surface area (Å²) >= 11 is 0. The molecule has 21 heavy (non-hydrogen) atoms. The van der Waals surface area contributed by atoms with Gasteiger partial charge in [0, 0.05) is 18.7 Å². The van der Waals surface area contributed by atoms with Crippen LogP contribution in [0.25, 0.3) is 11.3 Å². The molecule has 0 amide bonds. The van der Waals surface area contributed by atoms with Gasteiger partial charge in [-0.3, -0.25) is 0 Å². The number of ether oxygens (including phenoxy) is 1. The van der Waals surface area contributed by atoms with Gasteiger partial charge in [0.1, 0.15) is 0 Å². The summed E-state index contributed by atoms with van der Waals surface area (Å²) in [5.74, 6) is 1.13. The summed E-state index contributed by atoms with van der Waals surface area (Å²) in [6.07, 6.45) is 1.66. The van der Waals surface area contributed by atoms with Gasteiger partial charge in [0.05, 0.1) is 31.7 Å². The molecule has 0 bridgehead atoms. The smallest absolute Gasteiger partial charge is 0.172 e. The van der Waals surface area contributed by atoms with Crippen LogP contribution >= 0.6 is 0 Å². The summed E-state index contributed by atoms with van der Waals surface area (Å²) in [7, 11) is 0. The van der Waals surface area contributed by atoms with Crippen LogP contribution in [0.4, 0.5) is 11.6 Å². The van der Waals surface area contributed by atoms with E-state index in [9.17, 15) is 5.11 Å². The van der Waals surface area contributed by atoms with Crippen LogP contribution in [0.5, 0.6) is 0 Å². The Morgan fingerprint density at radius 1 is 1.29 bits per heavy atom. The summed E-state index contributed by atoms with van der Waals surface area (Å²) in [6.45, 7) is 2.88. The lowest BCUT2D eigenvalue weighted by atomic mass is 10.1. The van der Waals surface area contributed by atoms with Gasteiger partial charge in [-0.05, 0) is 11.6 Å². The van der Waals surface area contributed by atoms with E-state index in [4.69, 9.17) is 10.5 Å². The number of aromatic nitrogens is 2. The molecule has 6 nitrogen and oxygen atoms in total. The highest BCUT2D eigenvalue weighted by atomic mass is 16.5. The number of aliphatic hydroxyl groups is 1. The Morgan fingerprint density at radius 2 is 2.10 bits per heavy atom. The third-order valence-corrected chi connectivity index (χ3v) is 3.50. The largest absolute Gasteiger partial charge is 0.392 e. The number of hydrogen-bond acceptors (Lipinski definition) is 6. The van der Waals surface area contributed by atoms with Crippen molar-refractivity contribution in [1.29, 1.82) is 0 Å². The SMILES string of the molecule is Nc1ncc(-c2cccc(CO)c2)nc1N1CCOCC1. The molecule has 1 aliphatic rings. The number of nitrogens with two attached hydrogens (primary N) is 1. The van der Waals surface area contributed by atoms with E-state index in [-0.39, 0.29) is 6.61 Å². The van der Waals surface area contributed by atoms with Gasteiger partial charge < -0.3 is 20.5 Å². The van der Waals surface area contributed by atoms with Crippen molar-refractivity contribution < 1.29 is 9.84 Å². The lowest BCUT2D eigenvalue weighted by Crippen LogP contribution is -2.37. The number of anilines is 2. The fourth-order valence-corrected chi connectivity index (χ4v) is 2.36. The molecular formula is C15H18N4O2. The molecule has 2 aromatic rings. The van der Waals surface area contributed by atoms with Crippen molar-refractivity contribution in [3.8, 4) is 11.3 Å². The van der Waals surface area contributed by atoms with E-state index >= 15 is 0 Å². The monoisotopic (exact) mass is 286 g/mol. The first-order valence-electron chi connectivity index (χ1n) is 6.93.